The Balaban J connectivity index is 2.65. The van der Waals surface area contributed by atoms with Crippen molar-refractivity contribution in [3.8, 4) is 0 Å². The molecule has 0 spiro atoms. The Morgan fingerprint density at radius 3 is 2.50 bits per heavy atom. The van der Waals surface area contributed by atoms with Crippen molar-refractivity contribution >= 4 is 10.8 Å². The van der Waals surface area contributed by atoms with Gasteiger partial charge < -0.3 is 5.32 Å². The predicted octanol–water partition coefficient (Wildman–Crippen LogP) is 2.46. The molecule has 0 bridgehead atoms. The molecule has 16 heavy (non-hydrogen) atoms. The van der Waals surface area contributed by atoms with Crippen molar-refractivity contribution in [1.29, 1.82) is 0 Å². The van der Waals surface area contributed by atoms with Crippen LogP contribution in [0.15, 0.2) is 17.0 Å². The molecule has 1 heterocycles. The molecule has 1 aliphatic heterocycles. The van der Waals surface area contributed by atoms with Crippen LogP contribution in [-0.4, -0.2) is 16.5 Å². The zero-order valence-electron chi connectivity index (χ0n) is 10.3. The van der Waals surface area contributed by atoms with E-state index in [1.165, 1.54) is 11.1 Å². The van der Waals surface area contributed by atoms with Crippen LogP contribution in [0.1, 0.15) is 36.1 Å². The lowest BCUT2D eigenvalue weighted by Crippen LogP contribution is -2.26. The van der Waals surface area contributed by atoms with Crippen molar-refractivity contribution in [1.82, 2.24) is 5.32 Å². The smallest absolute Gasteiger partial charge is 0.0587 e. The fourth-order valence-corrected chi connectivity index (χ4v) is 4.65. The lowest BCUT2D eigenvalue weighted by molar-refractivity contribution is 0.550. The van der Waals surface area contributed by atoms with Crippen molar-refractivity contribution in [3.05, 3.63) is 28.8 Å². The molecular formula is C13H19NOS. The summed E-state index contributed by atoms with van der Waals surface area (Å²) in [5, 5.41) is 3.55. The molecule has 2 nitrogen and oxygen atoms in total. The summed E-state index contributed by atoms with van der Waals surface area (Å²) in [5.41, 5.74) is 3.69. The molecule has 0 fully saturated rings. The number of nitrogens with one attached hydrogen (secondary N) is 1. The minimum Gasteiger partial charge on any atom is -0.312 e. The van der Waals surface area contributed by atoms with Crippen LogP contribution in [0.2, 0.25) is 0 Å². The lowest BCUT2D eigenvalue weighted by atomic mass is 9.96. The van der Waals surface area contributed by atoms with Crippen LogP contribution in [0.25, 0.3) is 0 Å². The van der Waals surface area contributed by atoms with E-state index in [1.807, 2.05) is 7.05 Å². The van der Waals surface area contributed by atoms with Gasteiger partial charge in [-0.25, -0.2) is 0 Å². The van der Waals surface area contributed by atoms with Crippen LogP contribution in [0.4, 0.5) is 0 Å². The van der Waals surface area contributed by atoms with Crippen molar-refractivity contribution < 1.29 is 4.21 Å². The van der Waals surface area contributed by atoms with E-state index in [4.69, 9.17) is 0 Å². The van der Waals surface area contributed by atoms with Crippen LogP contribution in [0.5, 0.6) is 0 Å². The molecule has 2 rings (SSSR count). The van der Waals surface area contributed by atoms with Crippen LogP contribution < -0.4 is 5.32 Å². The minimum atomic E-state index is -0.850. The van der Waals surface area contributed by atoms with Crippen molar-refractivity contribution in [3.63, 3.8) is 0 Å². The van der Waals surface area contributed by atoms with E-state index in [0.717, 1.165) is 16.9 Å². The van der Waals surface area contributed by atoms with Gasteiger partial charge >= 0.3 is 0 Å². The third-order valence-corrected chi connectivity index (χ3v) is 5.58. The molecule has 0 aliphatic carbocycles. The number of aryl methyl sites for hydroxylation is 2. The van der Waals surface area contributed by atoms with E-state index in [2.05, 4.69) is 38.2 Å². The highest BCUT2D eigenvalue weighted by atomic mass is 32.2. The van der Waals surface area contributed by atoms with E-state index in [-0.39, 0.29) is 11.3 Å². The Bertz CT molecular complexity index is 442. The van der Waals surface area contributed by atoms with Gasteiger partial charge in [-0.15, -0.1) is 0 Å². The fourth-order valence-electron chi connectivity index (χ4n) is 2.64. The monoisotopic (exact) mass is 237 g/mol. The van der Waals surface area contributed by atoms with Gasteiger partial charge in [0.25, 0.3) is 0 Å². The van der Waals surface area contributed by atoms with Crippen LogP contribution >= 0.6 is 0 Å². The zero-order valence-corrected chi connectivity index (χ0v) is 11.1. The molecule has 3 unspecified atom stereocenters. The van der Waals surface area contributed by atoms with Crippen LogP contribution in [-0.2, 0) is 10.8 Å². The third kappa shape index (κ3) is 1.54. The summed E-state index contributed by atoms with van der Waals surface area (Å²) >= 11 is 0. The molecule has 0 amide bonds. The molecular weight excluding hydrogens is 218 g/mol. The average molecular weight is 237 g/mol. The number of benzene rings is 1. The standard InChI is InChI=1S/C13H19NOS/c1-5-10-12(14-4)11-8(2)6-7-9(3)13(11)16(10)15/h6-7,10,12,14H,5H2,1-4H3. The molecule has 0 saturated carbocycles. The molecule has 3 heteroatoms. The number of hydrogen-bond donors (Lipinski definition) is 1. The first kappa shape index (κ1) is 11.8. The predicted molar refractivity (Wildman–Crippen MR) is 68.2 cm³/mol. The molecule has 1 aromatic rings. The van der Waals surface area contributed by atoms with Gasteiger partial charge in [0.15, 0.2) is 0 Å². The van der Waals surface area contributed by atoms with E-state index < -0.39 is 10.8 Å². The number of rotatable bonds is 2. The first-order chi connectivity index (χ1) is 7.61. The van der Waals surface area contributed by atoms with Gasteiger partial charge in [-0.2, -0.15) is 0 Å². The van der Waals surface area contributed by atoms with E-state index in [9.17, 15) is 4.21 Å². The second-order valence-corrected chi connectivity index (χ2v) is 6.06. The molecule has 0 saturated heterocycles. The summed E-state index contributed by atoms with van der Waals surface area (Å²) in [6.07, 6.45) is 0.950. The molecule has 3 atom stereocenters. The summed E-state index contributed by atoms with van der Waals surface area (Å²) in [6.45, 7) is 6.28. The van der Waals surface area contributed by atoms with Crippen molar-refractivity contribution in [2.75, 3.05) is 7.05 Å². The molecule has 0 aromatic heterocycles. The second-order valence-electron chi connectivity index (χ2n) is 4.45. The molecule has 1 aromatic carbocycles. The minimum absolute atomic E-state index is 0.222. The molecule has 1 aliphatic rings. The molecule has 1 N–H and O–H groups in total. The molecule has 88 valence electrons. The summed E-state index contributed by atoms with van der Waals surface area (Å²) < 4.78 is 12.4. The zero-order chi connectivity index (χ0) is 11.9. The Kier molecular flexibility index (Phi) is 3.17. The average Bonchev–Trinajstić information content (AvgIpc) is 2.57. The Morgan fingerprint density at radius 1 is 1.31 bits per heavy atom. The quantitative estimate of drug-likeness (QED) is 0.856. The second kappa shape index (κ2) is 4.30. The van der Waals surface area contributed by atoms with Crippen molar-refractivity contribution in [2.45, 2.75) is 43.4 Å². The maximum absolute atomic E-state index is 12.4. The van der Waals surface area contributed by atoms with Crippen LogP contribution in [0.3, 0.4) is 0 Å². The van der Waals surface area contributed by atoms with Gasteiger partial charge in [-0.05, 0) is 44.0 Å². The largest absolute Gasteiger partial charge is 0.312 e. The summed E-state index contributed by atoms with van der Waals surface area (Å²) in [4.78, 5) is 1.08. The van der Waals surface area contributed by atoms with Gasteiger partial charge in [-0.3, -0.25) is 4.21 Å². The first-order valence-electron chi connectivity index (χ1n) is 5.79. The van der Waals surface area contributed by atoms with Gasteiger partial charge in [0.1, 0.15) is 0 Å². The summed E-state index contributed by atoms with van der Waals surface area (Å²) in [6, 6.07) is 4.46. The normalized spacial score (nSPS) is 28.1. The Morgan fingerprint density at radius 2 is 1.94 bits per heavy atom. The van der Waals surface area contributed by atoms with Gasteiger partial charge in [0.2, 0.25) is 0 Å². The first-order valence-corrected chi connectivity index (χ1v) is 7.01. The summed E-state index contributed by atoms with van der Waals surface area (Å²) in [7, 11) is 1.11. The van der Waals surface area contributed by atoms with Gasteiger partial charge in [-0.1, -0.05) is 19.1 Å². The number of hydrogen-bond acceptors (Lipinski definition) is 2. The Labute approximate surface area is 99.9 Å². The topological polar surface area (TPSA) is 29.1 Å². The van der Waals surface area contributed by atoms with E-state index in [1.54, 1.807) is 0 Å². The lowest BCUT2D eigenvalue weighted by Gasteiger charge is -2.17. The highest BCUT2D eigenvalue weighted by molar-refractivity contribution is 7.86. The molecule has 0 radical (unpaired) electrons. The fraction of sp³-hybridized carbons (Fsp3) is 0.538. The van der Waals surface area contributed by atoms with Crippen LogP contribution in [0, 0.1) is 13.8 Å². The van der Waals surface area contributed by atoms with Crippen molar-refractivity contribution in [2.24, 2.45) is 0 Å². The summed E-state index contributed by atoms with van der Waals surface area (Å²) in [5.74, 6) is 0. The SMILES string of the molecule is CCC1C(NC)c2c(C)ccc(C)c2S1=O. The Hall–Kier alpha value is -0.670. The maximum Gasteiger partial charge on any atom is 0.0587 e. The highest BCUT2D eigenvalue weighted by Gasteiger charge is 2.38. The highest BCUT2D eigenvalue weighted by Crippen LogP contribution is 2.41. The number of fused-ring (bicyclic) bond motifs is 1. The van der Waals surface area contributed by atoms with E-state index >= 15 is 0 Å². The maximum atomic E-state index is 12.4. The third-order valence-electron chi connectivity index (χ3n) is 3.48. The van der Waals surface area contributed by atoms with Gasteiger partial charge in [0.05, 0.1) is 16.0 Å². The van der Waals surface area contributed by atoms with E-state index in [0.29, 0.717) is 0 Å². The van der Waals surface area contributed by atoms with Gasteiger partial charge in [0, 0.05) is 10.9 Å².